The van der Waals surface area contributed by atoms with Gasteiger partial charge in [-0.25, -0.2) is 0 Å². The number of hydrogen-bond acceptors (Lipinski definition) is 0. The van der Waals surface area contributed by atoms with Crippen molar-refractivity contribution in [3.8, 4) is 0 Å². The van der Waals surface area contributed by atoms with Gasteiger partial charge in [-0.15, -0.1) is 8.58 Å². The second-order valence-electron chi connectivity index (χ2n) is 1.46. The van der Waals surface area contributed by atoms with E-state index in [-0.39, 0.29) is 8.41 Å². The molecule has 1 atom stereocenters. The van der Waals surface area contributed by atoms with Gasteiger partial charge in [0.15, 0.2) is 0 Å². The molecule has 2 heteroatoms. The second-order valence-corrected chi connectivity index (χ2v) is 2.66. The average Bonchev–Trinajstić information content (AvgIpc) is 1.61. The Morgan fingerprint density at radius 3 is 2.14 bits per heavy atom. The van der Waals surface area contributed by atoms with Crippen LogP contribution in [0, 0.1) is 0 Å². The maximum Gasteiger partial charge on any atom is 0.0814 e. The van der Waals surface area contributed by atoms with Crippen molar-refractivity contribution in [2.75, 3.05) is 12.8 Å². The zero-order valence-electron chi connectivity index (χ0n) is 4.62. The lowest BCUT2D eigenvalue weighted by atomic mass is 10.4. The van der Waals surface area contributed by atoms with E-state index >= 15 is 0 Å². The molecule has 0 nitrogen and oxygen atoms in total. The second kappa shape index (κ2) is 9.71. The molecular weight excluding hydrogens is 102 g/mol. The third kappa shape index (κ3) is 10.7. The summed E-state index contributed by atoms with van der Waals surface area (Å²) in [6.45, 7) is 4.50. The zero-order valence-corrected chi connectivity index (χ0v) is 5.62. The fourth-order valence-corrected chi connectivity index (χ4v) is 1.06. The van der Waals surface area contributed by atoms with Crippen molar-refractivity contribution in [3.63, 3.8) is 0 Å². The first kappa shape index (κ1) is 10.5. The van der Waals surface area contributed by atoms with Gasteiger partial charge >= 0.3 is 0 Å². The summed E-state index contributed by atoms with van der Waals surface area (Å²) in [5.74, 6) is 0. The maximum absolute atomic E-state index is 2.26. The van der Waals surface area contributed by atoms with Gasteiger partial charge in [-0.2, -0.15) is 0 Å². The number of unbranched alkanes of at least 4 members (excludes halogenated alkanes) is 1. The van der Waals surface area contributed by atoms with Crippen LogP contribution in [-0.4, -0.2) is 21.2 Å². The lowest BCUT2D eigenvalue weighted by Crippen LogP contribution is -1.69. The van der Waals surface area contributed by atoms with Crippen LogP contribution in [0.4, 0.5) is 0 Å². The van der Waals surface area contributed by atoms with Crippen LogP contribution in [0.1, 0.15) is 19.8 Å². The van der Waals surface area contributed by atoms with E-state index in [0.29, 0.717) is 0 Å². The minimum atomic E-state index is 0. The van der Waals surface area contributed by atoms with E-state index in [4.69, 9.17) is 0 Å². The third-order valence-electron chi connectivity index (χ3n) is 0.780. The van der Waals surface area contributed by atoms with Crippen LogP contribution in [0.5, 0.6) is 0 Å². The van der Waals surface area contributed by atoms with Crippen molar-refractivity contribution in [2.45, 2.75) is 19.8 Å². The van der Waals surface area contributed by atoms with Gasteiger partial charge in [0.25, 0.3) is 0 Å². The molecule has 0 N–H and O–H groups in total. The van der Waals surface area contributed by atoms with Gasteiger partial charge in [0.1, 0.15) is 0 Å². The molecular formula is C5H16BP. The summed E-state index contributed by atoms with van der Waals surface area (Å²) < 4.78 is 0. The highest BCUT2D eigenvalue weighted by atomic mass is 31.1. The first-order valence-corrected chi connectivity index (χ1v) is 4.27. The van der Waals surface area contributed by atoms with E-state index in [2.05, 4.69) is 13.6 Å². The summed E-state index contributed by atoms with van der Waals surface area (Å²) in [7, 11) is 1.16. The standard InChI is InChI=1S/C5H13P.BH3/c1-3-4-5-6-2;/h6H,3-5H2,1-2H3;1H3. The van der Waals surface area contributed by atoms with E-state index in [1.807, 2.05) is 0 Å². The molecule has 0 rings (SSSR count). The van der Waals surface area contributed by atoms with E-state index in [1.54, 1.807) is 0 Å². The van der Waals surface area contributed by atoms with Crippen molar-refractivity contribution in [1.29, 1.82) is 0 Å². The quantitative estimate of drug-likeness (QED) is 0.293. The predicted octanol–water partition coefficient (Wildman–Crippen LogP) is 0.911. The Kier molecular flexibility index (Phi) is 14.5. The molecule has 0 aromatic rings. The molecule has 0 saturated heterocycles. The zero-order chi connectivity index (χ0) is 4.83. The molecule has 44 valence electrons. The summed E-state index contributed by atoms with van der Waals surface area (Å²) in [6.07, 6.45) is 4.23. The first-order valence-electron chi connectivity index (χ1n) is 2.56. The smallest absolute Gasteiger partial charge is 0.0814 e. The molecule has 0 amide bonds. The van der Waals surface area contributed by atoms with Gasteiger partial charge in [-0.3, -0.25) is 0 Å². The largest absolute Gasteiger partial charge is 0.125 e. The molecule has 0 aliphatic rings. The molecule has 0 heterocycles. The van der Waals surface area contributed by atoms with Crippen LogP contribution >= 0.6 is 8.58 Å². The van der Waals surface area contributed by atoms with Gasteiger partial charge in [0, 0.05) is 0 Å². The van der Waals surface area contributed by atoms with Crippen LogP contribution in [0.25, 0.3) is 0 Å². The van der Waals surface area contributed by atoms with Crippen LogP contribution in [0.15, 0.2) is 0 Å². The Morgan fingerprint density at radius 2 is 2.00 bits per heavy atom. The molecule has 0 aromatic carbocycles. The minimum Gasteiger partial charge on any atom is -0.125 e. The number of rotatable bonds is 3. The molecule has 7 heavy (non-hydrogen) atoms. The van der Waals surface area contributed by atoms with Gasteiger partial charge in [-0.05, 0) is 19.2 Å². The fraction of sp³-hybridized carbons (Fsp3) is 1.00. The van der Waals surface area contributed by atoms with Gasteiger partial charge < -0.3 is 0 Å². The minimum absolute atomic E-state index is 0. The molecule has 1 unspecified atom stereocenters. The molecule has 0 aromatic heterocycles. The summed E-state index contributed by atoms with van der Waals surface area (Å²) >= 11 is 0. The van der Waals surface area contributed by atoms with Gasteiger partial charge in [0.05, 0.1) is 8.41 Å². The Bertz CT molecular complexity index is 20.0. The molecule has 0 aliphatic heterocycles. The van der Waals surface area contributed by atoms with Crippen LogP contribution < -0.4 is 0 Å². The molecule has 0 bridgehead atoms. The SMILES string of the molecule is B.CCCCPC. The summed E-state index contributed by atoms with van der Waals surface area (Å²) in [6, 6.07) is 0. The van der Waals surface area contributed by atoms with Crippen molar-refractivity contribution in [3.05, 3.63) is 0 Å². The van der Waals surface area contributed by atoms with Crippen molar-refractivity contribution in [1.82, 2.24) is 0 Å². The Labute approximate surface area is 50.4 Å². The summed E-state index contributed by atoms with van der Waals surface area (Å²) in [5, 5.41) is 0. The fourth-order valence-electron chi connectivity index (χ4n) is 0.354. The highest BCUT2D eigenvalue weighted by molar-refractivity contribution is 7.36. The van der Waals surface area contributed by atoms with Crippen molar-refractivity contribution in [2.24, 2.45) is 0 Å². The summed E-state index contributed by atoms with van der Waals surface area (Å²) in [4.78, 5) is 0. The monoisotopic (exact) mass is 118 g/mol. The molecule has 0 spiro atoms. The predicted molar refractivity (Wildman–Crippen MR) is 44.0 cm³/mol. The average molecular weight is 118 g/mol. The highest BCUT2D eigenvalue weighted by Crippen LogP contribution is 2.04. The van der Waals surface area contributed by atoms with Crippen LogP contribution in [-0.2, 0) is 0 Å². The Morgan fingerprint density at radius 1 is 1.43 bits per heavy atom. The Hall–Kier alpha value is 0.495. The van der Waals surface area contributed by atoms with E-state index in [1.165, 1.54) is 19.0 Å². The Balaban J connectivity index is 0. The first-order chi connectivity index (χ1) is 2.91. The van der Waals surface area contributed by atoms with Crippen LogP contribution in [0.3, 0.4) is 0 Å². The highest BCUT2D eigenvalue weighted by Gasteiger charge is 1.74. The molecule has 0 saturated carbocycles. The van der Waals surface area contributed by atoms with Gasteiger partial charge in [0.2, 0.25) is 0 Å². The van der Waals surface area contributed by atoms with Crippen molar-refractivity contribution < 1.29 is 0 Å². The van der Waals surface area contributed by atoms with Crippen molar-refractivity contribution >= 4 is 17.0 Å². The topological polar surface area (TPSA) is 0 Å². The van der Waals surface area contributed by atoms with Gasteiger partial charge in [-0.1, -0.05) is 13.3 Å². The summed E-state index contributed by atoms with van der Waals surface area (Å²) in [5.41, 5.74) is 0. The molecule has 0 radical (unpaired) electrons. The molecule has 0 fully saturated rings. The lowest BCUT2D eigenvalue weighted by molar-refractivity contribution is 0.895. The van der Waals surface area contributed by atoms with E-state index < -0.39 is 0 Å². The van der Waals surface area contributed by atoms with E-state index in [0.717, 1.165) is 8.58 Å². The maximum atomic E-state index is 2.26. The molecule has 0 aliphatic carbocycles. The third-order valence-corrected chi connectivity index (χ3v) is 1.63. The van der Waals surface area contributed by atoms with E-state index in [9.17, 15) is 0 Å². The lowest BCUT2D eigenvalue weighted by Gasteiger charge is -1.86. The van der Waals surface area contributed by atoms with Crippen LogP contribution in [0.2, 0.25) is 0 Å². The number of hydrogen-bond donors (Lipinski definition) is 0. The normalized spacial score (nSPS) is 9.43.